The monoisotopic (exact) mass is 247 g/mol. The fourth-order valence-electron chi connectivity index (χ4n) is 3.13. The third-order valence-electron chi connectivity index (χ3n) is 4.00. The van der Waals surface area contributed by atoms with Gasteiger partial charge in [0.15, 0.2) is 0 Å². The maximum absolute atomic E-state index is 12.0. The van der Waals surface area contributed by atoms with Gasteiger partial charge in [-0.25, -0.2) is 0 Å². The molecule has 1 fully saturated rings. The van der Waals surface area contributed by atoms with Gasteiger partial charge in [0, 0.05) is 31.9 Å². The number of hydrogen-bond acceptors (Lipinski definition) is 3. The molecule has 3 rings (SSSR count). The summed E-state index contributed by atoms with van der Waals surface area (Å²) in [5, 5.41) is 19.4. The highest BCUT2D eigenvalue weighted by atomic mass is 16.3. The fourth-order valence-corrected chi connectivity index (χ4v) is 3.13. The average molecular weight is 247 g/mol. The number of carbonyl (C=O) groups excluding carboxylic acids is 1. The summed E-state index contributed by atoms with van der Waals surface area (Å²) in [6.07, 6.45) is 0.472. The van der Waals surface area contributed by atoms with Crippen molar-refractivity contribution in [1.82, 2.24) is 4.90 Å². The van der Waals surface area contributed by atoms with Crippen molar-refractivity contribution in [1.29, 1.82) is 0 Å². The van der Waals surface area contributed by atoms with Crippen LogP contribution in [0.1, 0.15) is 23.6 Å². The number of hydrogen-bond donors (Lipinski definition) is 2. The average Bonchev–Trinajstić information content (AvgIpc) is 2.88. The summed E-state index contributed by atoms with van der Waals surface area (Å²) in [5.41, 5.74) is 2.17. The van der Waals surface area contributed by atoms with Crippen LogP contribution in [0, 0.1) is 5.92 Å². The lowest BCUT2D eigenvalue weighted by molar-refractivity contribution is -0.131. The number of amides is 1. The molecule has 2 N–H and O–H groups in total. The minimum absolute atomic E-state index is 0.0115. The summed E-state index contributed by atoms with van der Waals surface area (Å²) in [6, 6.07) is 7.65. The number of likely N-dealkylation sites (tertiary alicyclic amines) is 1. The first-order chi connectivity index (χ1) is 8.70. The quantitative estimate of drug-likeness (QED) is 0.799. The minimum atomic E-state index is -0.524. The standard InChI is InChI=1S/C14H17NO3/c16-8-9-5-13(18)15(7-9)14-11-4-2-1-3-10(11)6-12(14)17/h1-4,9,12,14,16-17H,5-8H2. The van der Waals surface area contributed by atoms with Crippen LogP contribution >= 0.6 is 0 Å². The molecule has 1 aliphatic heterocycles. The molecule has 2 aliphatic rings. The molecule has 96 valence electrons. The molecular formula is C14H17NO3. The van der Waals surface area contributed by atoms with E-state index in [4.69, 9.17) is 5.11 Å². The molecule has 4 nitrogen and oxygen atoms in total. The van der Waals surface area contributed by atoms with Gasteiger partial charge < -0.3 is 15.1 Å². The van der Waals surface area contributed by atoms with Gasteiger partial charge in [0.2, 0.25) is 5.91 Å². The lowest BCUT2D eigenvalue weighted by Gasteiger charge is -2.28. The second-order valence-electron chi connectivity index (χ2n) is 5.21. The summed E-state index contributed by atoms with van der Waals surface area (Å²) < 4.78 is 0. The maximum Gasteiger partial charge on any atom is 0.223 e. The molecule has 1 heterocycles. The number of carbonyl (C=O) groups is 1. The van der Waals surface area contributed by atoms with Crippen molar-refractivity contribution in [2.24, 2.45) is 5.92 Å². The van der Waals surface area contributed by atoms with Crippen LogP contribution in [0.5, 0.6) is 0 Å². The van der Waals surface area contributed by atoms with Gasteiger partial charge >= 0.3 is 0 Å². The zero-order valence-electron chi connectivity index (χ0n) is 10.1. The van der Waals surface area contributed by atoms with Crippen LogP contribution < -0.4 is 0 Å². The molecule has 1 saturated heterocycles. The van der Waals surface area contributed by atoms with Crippen LogP contribution in [-0.2, 0) is 11.2 Å². The number of rotatable bonds is 2. The molecule has 1 aromatic rings. The zero-order chi connectivity index (χ0) is 12.7. The van der Waals surface area contributed by atoms with Gasteiger partial charge in [-0.05, 0) is 11.1 Å². The van der Waals surface area contributed by atoms with Crippen LogP contribution in [0.3, 0.4) is 0 Å². The lowest BCUT2D eigenvalue weighted by Crippen LogP contribution is -2.35. The molecule has 0 bridgehead atoms. The topological polar surface area (TPSA) is 60.8 Å². The highest BCUT2D eigenvalue weighted by molar-refractivity contribution is 5.79. The number of aliphatic hydroxyl groups is 2. The molecule has 0 saturated carbocycles. The van der Waals surface area contributed by atoms with Gasteiger partial charge in [0.05, 0.1) is 12.1 Å². The van der Waals surface area contributed by atoms with Crippen molar-refractivity contribution in [3.05, 3.63) is 35.4 Å². The molecule has 1 aromatic carbocycles. The Morgan fingerprint density at radius 2 is 2.06 bits per heavy atom. The molecule has 0 spiro atoms. The molecule has 1 amide bonds. The molecular weight excluding hydrogens is 230 g/mol. The molecule has 0 aromatic heterocycles. The van der Waals surface area contributed by atoms with Crippen LogP contribution in [0.15, 0.2) is 24.3 Å². The van der Waals surface area contributed by atoms with Gasteiger partial charge in [-0.2, -0.15) is 0 Å². The number of benzene rings is 1. The number of nitrogens with zero attached hydrogens (tertiary/aromatic N) is 1. The lowest BCUT2D eigenvalue weighted by atomic mass is 10.1. The maximum atomic E-state index is 12.0. The van der Waals surface area contributed by atoms with Gasteiger partial charge in [0.25, 0.3) is 0 Å². The zero-order valence-corrected chi connectivity index (χ0v) is 10.1. The second kappa shape index (κ2) is 4.37. The Morgan fingerprint density at radius 1 is 1.28 bits per heavy atom. The third-order valence-corrected chi connectivity index (χ3v) is 4.00. The van der Waals surface area contributed by atoms with Gasteiger partial charge in [-0.3, -0.25) is 4.79 Å². The predicted octanol–water partition coefficient (Wildman–Crippen LogP) is 0.486. The van der Waals surface area contributed by atoms with Crippen molar-refractivity contribution >= 4 is 5.91 Å². The SMILES string of the molecule is O=C1CC(CO)CN1C1c2ccccc2CC1O. The fraction of sp³-hybridized carbons (Fsp3) is 0.500. The summed E-state index contributed by atoms with van der Waals surface area (Å²) in [5.74, 6) is 0.0484. The summed E-state index contributed by atoms with van der Waals surface area (Å²) in [4.78, 5) is 13.7. The van der Waals surface area contributed by atoms with Crippen molar-refractivity contribution < 1.29 is 15.0 Å². The normalized spacial score (nSPS) is 30.9. The van der Waals surface area contributed by atoms with Crippen molar-refractivity contribution in [3.8, 4) is 0 Å². The van der Waals surface area contributed by atoms with Gasteiger partial charge in [0.1, 0.15) is 0 Å². The molecule has 18 heavy (non-hydrogen) atoms. The van der Waals surface area contributed by atoms with E-state index in [1.165, 1.54) is 0 Å². The first-order valence-corrected chi connectivity index (χ1v) is 6.37. The Balaban J connectivity index is 1.91. The smallest absolute Gasteiger partial charge is 0.223 e. The Bertz CT molecular complexity index is 474. The van der Waals surface area contributed by atoms with E-state index in [-0.39, 0.29) is 24.5 Å². The van der Waals surface area contributed by atoms with E-state index in [0.29, 0.717) is 19.4 Å². The van der Waals surface area contributed by atoms with E-state index in [0.717, 1.165) is 11.1 Å². The van der Waals surface area contributed by atoms with Crippen molar-refractivity contribution in [2.75, 3.05) is 13.2 Å². The van der Waals surface area contributed by atoms with E-state index >= 15 is 0 Å². The van der Waals surface area contributed by atoms with Crippen LogP contribution in [0.25, 0.3) is 0 Å². The Labute approximate surface area is 106 Å². The highest BCUT2D eigenvalue weighted by Gasteiger charge is 2.41. The summed E-state index contributed by atoms with van der Waals surface area (Å²) in [6.45, 7) is 0.581. The first-order valence-electron chi connectivity index (χ1n) is 6.37. The van der Waals surface area contributed by atoms with Gasteiger partial charge in [-0.1, -0.05) is 24.3 Å². The van der Waals surface area contributed by atoms with Gasteiger partial charge in [-0.15, -0.1) is 0 Å². The molecule has 1 aliphatic carbocycles. The Hall–Kier alpha value is -1.39. The molecule has 3 unspecified atom stereocenters. The molecule has 0 radical (unpaired) electrons. The van der Waals surface area contributed by atoms with Crippen LogP contribution in [-0.4, -0.2) is 40.3 Å². The summed E-state index contributed by atoms with van der Waals surface area (Å²) in [7, 11) is 0. The van der Waals surface area contributed by atoms with E-state index in [1.807, 2.05) is 24.3 Å². The van der Waals surface area contributed by atoms with E-state index in [1.54, 1.807) is 4.90 Å². The van der Waals surface area contributed by atoms with Crippen molar-refractivity contribution in [3.63, 3.8) is 0 Å². The molecule has 4 heteroatoms. The first kappa shape index (κ1) is 11.7. The highest BCUT2D eigenvalue weighted by Crippen LogP contribution is 2.38. The molecule has 3 atom stereocenters. The van der Waals surface area contributed by atoms with Crippen molar-refractivity contribution in [2.45, 2.75) is 25.0 Å². The Kier molecular flexibility index (Phi) is 2.84. The number of aliphatic hydroxyl groups excluding tert-OH is 2. The van der Waals surface area contributed by atoms with E-state index in [2.05, 4.69) is 0 Å². The Morgan fingerprint density at radius 3 is 2.78 bits per heavy atom. The van der Waals surface area contributed by atoms with Crippen LogP contribution in [0.4, 0.5) is 0 Å². The predicted molar refractivity (Wildman–Crippen MR) is 65.8 cm³/mol. The van der Waals surface area contributed by atoms with Crippen LogP contribution in [0.2, 0.25) is 0 Å². The number of fused-ring (bicyclic) bond motifs is 1. The third kappa shape index (κ3) is 1.72. The van der Waals surface area contributed by atoms with E-state index < -0.39 is 6.10 Å². The minimum Gasteiger partial charge on any atom is -0.396 e. The summed E-state index contributed by atoms with van der Waals surface area (Å²) >= 11 is 0. The largest absolute Gasteiger partial charge is 0.396 e. The second-order valence-corrected chi connectivity index (χ2v) is 5.21. The van der Waals surface area contributed by atoms with E-state index in [9.17, 15) is 9.90 Å².